The number of hydrogen-bond acceptors (Lipinski definition) is 3. The lowest BCUT2D eigenvalue weighted by molar-refractivity contribution is 0.00578. The first kappa shape index (κ1) is 12.5. The molecule has 2 heterocycles. The molecule has 0 bridgehead atoms. The lowest BCUT2D eigenvalue weighted by Crippen LogP contribution is -2.41. The van der Waals surface area contributed by atoms with Gasteiger partial charge in [0.1, 0.15) is 5.82 Å². The average Bonchev–Trinajstić information content (AvgIpc) is 2.35. The Kier molecular flexibility index (Phi) is 2.79. The molecule has 2 rings (SSSR count). The average molecular weight is 237 g/mol. The van der Waals surface area contributed by atoms with Gasteiger partial charge in [0, 0.05) is 17.4 Å². The van der Waals surface area contributed by atoms with Crippen LogP contribution in [0.4, 0.5) is 4.39 Å². The molecular formula is C12H17BFNO2. The van der Waals surface area contributed by atoms with Gasteiger partial charge in [0.2, 0.25) is 0 Å². The zero-order valence-corrected chi connectivity index (χ0v) is 10.9. The maximum Gasteiger partial charge on any atom is 0.499 e. The predicted molar refractivity (Wildman–Crippen MR) is 64.6 cm³/mol. The molecular weight excluding hydrogens is 220 g/mol. The fraction of sp³-hybridized carbons (Fsp3) is 0.583. The van der Waals surface area contributed by atoms with Crippen LogP contribution in [0.3, 0.4) is 0 Å². The van der Waals surface area contributed by atoms with Crippen molar-refractivity contribution in [1.29, 1.82) is 0 Å². The molecule has 92 valence electrons. The second kappa shape index (κ2) is 3.78. The normalized spacial score (nSPS) is 21.9. The second-order valence-electron chi connectivity index (χ2n) is 5.44. The van der Waals surface area contributed by atoms with Crippen LogP contribution in [0.15, 0.2) is 12.3 Å². The van der Waals surface area contributed by atoms with E-state index in [9.17, 15) is 4.39 Å². The fourth-order valence-corrected chi connectivity index (χ4v) is 1.68. The highest BCUT2D eigenvalue weighted by molar-refractivity contribution is 6.62. The Balaban J connectivity index is 2.32. The van der Waals surface area contributed by atoms with Crippen LogP contribution in [0.1, 0.15) is 33.4 Å². The van der Waals surface area contributed by atoms with Gasteiger partial charge in [-0.1, -0.05) is 0 Å². The molecule has 1 aliphatic heterocycles. The van der Waals surface area contributed by atoms with E-state index in [2.05, 4.69) is 4.98 Å². The minimum Gasteiger partial charge on any atom is -0.399 e. The molecule has 17 heavy (non-hydrogen) atoms. The zero-order chi connectivity index (χ0) is 12.8. The maximum atomic E-state index is 13.8. The van der Waals surface area contributed by atoms with E-state index in [1.165, 1.54) is 12.3 Å². The van der Waals surface area contributed by atoms with Crippen LogP contribution in [-0.2, 0) is 9.31 Å². The van der Waals surface area contributed by atoms with Crippen molar-refractivity contribution < 1.29 is 13.7 Å². The molecule has 0 N–H and O–H groups in total. The summed E-state index contributed by atoms with van der Waals surface area (Å²) in [5.41, 5.74) is 0.0706. The molecule has 1 saturated heterocycles. The number of halogens is 1. The van der Waals surface area contributed by atoms with Gasteiger partial charge >= 0.3 is 7.12 Å². The summed E-state index contributed by atoms with van der Waals surface area (Å²) in [6, 6.07) is 1.39. The quantitative estimate of drug-likeness (QED) is 0.698. The van der Waals surface area contributed by atoms with Gasteiger partial charge < -0.3 is 9.31 Å². The highest BCUT2D eigenvalue weighted by atomic mass is 19.1. The molecule has 3 nitrogen and oxygen atoms in total. The minimum atomic E-state index is -0.687. The van der Waals surface area contributed by atoms with Crippen molar-refractivity contribution in [3.63, 3.8) is 0 Å². The third-order valence-electron chi connectivity index (χ3n) is 3.53. The monoisotopic (exact) mass is 237 g/mol. The Labute approximate surface area is 101 Å². The summed E-state index contributed by atoms with van der Waals surface area (Å²) in [6.07, 6.45) is 1.48. The molecule has 0 radical (unpaired) electrons. The molecule has 1 aliphatic rings. The van der Waals surface area contributed by atoms with E-state index in [-0.39, 0.29) is 5.82 Å². The Morgan fingerprint density at radius 3 is 2.18 bits per heavy atom. The van der Waals surface area contributed by atoms with Crippen molar-refractivity contribution in [2.75, 3.05) is 0 Å². The van der Waals surface area contributed by atoms with Gasteiger partial charge in [-0.15, -0.1) is 0 Å². The second-order valence-corrected chi connectivity index (χ2v) is 5.44. The van der Waals surface area contributed by atoms with Gasteiger partial charge in [-0.25, -0.2) is 4.39 Å². The van der Waals surface area contributed by atoms with Crippen molar-refractivity contribution in [3.8, 4) is 0 Å². The van der Waals surface area contributed by atoms with Crippen LogP contribution in [0.2, 0.25) is 0 Å². The fourth-order valence-electron chi connectivity index (χ4n) is 1.68. The molecule has 0 atom stereocenters. The number of rotatable bonds is 1. The van der Waals surface area contributed by atoms with E-state index in [1.807, 2.05) is 27.7 Å². The van der Waals surface area contributed by atoms with Crippen molar-refractivity contribution in [2.45, 2.75) is 45.8 Å². The largest absolute Gasteiger partial charge is 0.499 e. The number of aromatic nitrogens is 1. The highest BCUT2D eigenvalue weighted by Crippen LogP contribution is 2.36. The van der Waals surface area contributed by atoms with Crippen LogP contribution in [0.5, 0.6) is 0 Å². The van der Waals surface area contributed by atoms with Crippen molar-refractivity contribution in [2.24, 2.45) is 0 Å². The van der Waals surface area contributed by atoms with Crippen molar-refractivity contribution in [3.05, 3.63) is 23.8 Å². The summed E-state index contributed by atoms with van der Waals surface area (Å²) in [5.74, 6) is -0.337. The SMILES string of the molecule is Cc1cc(F)c(B2OC(C)(C)C(C)(C)O2)cn1. The van der Waals surface area contributed by atoms with Gasteiger partial charge in [0.05, 0.1) is 11.2 Å². The topological polar surface area (TPSA) is 31.4 Å². The number of pyridine rings is 1. The molecule has 0 spiro atoms. The van der Waals surface area contributed by atoms with E-state index < -0.39 is 18.3 Å². The number of hydrogen-bond donors (Lipinski definition) is 0. The van der Waals surface area contributed by atoms with Gasteiger partial charge in [0.15, 0.2) is 0 Å². The first-order valence-electron chi connectivity index (χ1n) is 5.71. The Morgan fingerprint density at radius 1 is 1.18 bits per heavy atom. The summed E-state index contributed by atoms with van der Waals surface area (Å²) in [5, 5.41) is 0. The molecule has 1 aromatic rings. The number of nitrogens with zero attached hydrogens (tertiary/aromatic N) is 1. The Hall–Kier alpha value is -0.935. The Morgan fingerprint density at radius 2 is 1.71 bits per heavy atom. The lowest BCUT2D eigenvalue weighted by Gasteiger charge is -2.32. The third kappa shape index (κ3) is 2.09. The molecule has 0 aromatic carbocycles. The maximum absolute atomic E-state index is 13.8. The van der Waals surface area contributed by atoms with E-state index in [1.54, 1.807) is 6.92 Å². The molecule has 0 saturated carbocycles. The summed E-state index contributed by atoms with van der Waals surface area (Å²) in [4.78, 5) is 4.08. The van der Waals surface area contributed by atoms with E-state index in [0.29, 0.717) is 11.2 Å². The van der Waals surface area contributed by atoms with Crippen molar-refractivity contribution in [1.82, 2.24) is 4.98 Å². The first-order valence-corrected chi connectivity index (χ1v) is 5.71. The van der Waals surface area contributed by atoms with Crippen LogP contribution < -0.4 is 5.46 Å². The van der Waals surface area contributed by atoms with E-state index >= 15 is 0 Å². The standard InChI is InChI=1S/C12H17BFNO2/c1-8-6-10(14)9(7-15-8)13-16-11(2,3)12(4,5)17-13/h6-7H,1-5H3. The lowest BCUT2D eigenvalue weighted by atomic mass is 9.80. The third-order valence-corrected chi connectivity index (χ3v) is 3.53. The van der Waals surface area contributed by atoms with Gasteiger partial charge in [0.25, 0.3) is 0 Å². The molecule has 1 aromatic heterocycles. The van der Waals surface area contributed by atoms with Crippen LogP contribution >= 0.6 is 0 Å². The molecule has 1 fully saturated rings. The predicted octanol–water partition coefficient (Wildman–Crippen LogP) is 1.83. The van der Waals surface area contributed by atoms with Gasteiger partial charge in [-0.05, 0) is 40.7 Å². The minimum absolute atomic E-state index is 0.337. The molecule has 5 heteroatoms. The van der Waals surface area contributed by atoms with Crippen molar-refractivity contribution >= 4 is 12.6 Å². The van der Waals surface area contributed by atoms with Gasteiger partial charge in [-0.3, -0.25) is 4.98 Å². The smallest absolute Gasteiger partial charge is 0.399 e. The summed E-state index contributed by atoms with van der Waals surface area (Å²) in [7, 11) is -0.687. The van der Waals surface area contributed by atoms with Crippen LogP contribution in [0, 0.1) is 12.7 Å². The van der Waals surface area contributed by atoms with E-state index in [0.717, 1.165) is 0 Å². The first-order chi connectivity index (χ1) is 7.73. The Bertz CT molecular complexity index is 432. The summed E-state index contributed by atoms with van der Waals surface area (Å²) in [6.45, 7) is 9.50. The zero-order valence-electron chi connectivity index (χ0n) is 10.9. The molecule has 0 amide bonds. The molecule has 0 unspecified atom stereocenters. The molecule has 0 aliphatic carbocycles. The van der Waals surface area contributed by atoms with Gasteiger partial charge in [-0.2, -0.15) is 0 Å². The van der Waals surface area contributed by atoms with Crippen LogP contribution in [-0.4, -0.2) is 23.3 Å². The summed E-state index contributed by atoms with van der Waals surface area (Å²) < 4.78 is 25.3. The van der Waals surface area contributed by atoms with E-state index in [4.69, 9.17) is 9.31 Å². The highest BCUT2D eigenvalue weighted by Gasteiger charge is 2.52. The van der Waals surface area contributed by atoms with Crippen LogP contribution in [0.25, 0.3) is 0 Å². The number of aryl methyl sites for hydroxylation is 1. The summed E-state index contributed by atoms with van der Waals surface area (Å²) >= 11 is 0.